The molecule has 19 heavy (non-hydrogen) atoms. The monoisotopic (exact) mass is 281 g/mol. The first-order valence-electron chi connectivity index (χ1n) is 5.38. The van der Waals surface area contributed by atoms with Crippen LogP contribution in [0.15, 0.2) is 41.6 Å². The Balaban J connectivity index is 2.39. The fourth-order valence-corrected chi connectivity index (χ4v) is 2.55. The van der Waals surface area contributed by atoms with Gasteiger partial charge >= 0.3 is 0 Å². The number of nitrogens with two attached hydrogens (primary N) is 1. The number of pyridine rings is 1. The van der Waals surface area contributed by atoms with Crippen LogP contribution in [0.1, 0.15) is 5.56 Å². The second-order valence-corrected chi connectivity index (χ2v) is 5.72. The molecule has 0 radical (unpaired) electrons. The van der Waals surface area contributed by atoms with E-state index >= 15 is 0 Å². The molecule has 0 saturated heterocycles. The average Bonchev–Trinajstić information content (AvgIpc) is 2.33. The van der Waals surface area contributed by atoms with Crippen molar-refractivity contribution in [3.05, 3.63) is 48.0 Å². The number of benzene rings is 1. The molecule has 0 aliphatic carbocycles. The summed E-state index contributed by atoms with van der Waals surface area (Å²) in [6.45, 7) is 1.81. The van der Waals surface area contributed by atoms with Crippen LogP contribution < -0.4 is 10.5 Å². The Bertz CT molecular complexity index is 717. The van der Waals surface area contributed by atoms with Crippen LogP contribution in [0.25, 0.3) is 0 Å². The summed E-state index contributed by atoms with van der Waals surface area (Å²) >= 11 is 0. The van der Waals surface area contributed by atoms with E-state index in [4.69, 9.17) is 5.73 Å². The van der Waals surface area contributed by atoms with E-state index in [2.05, 4.69) is 9.71 Å². The molecule has 2 aromatic rings. The molecule has 0 unspecified atom stereocenters. The van der Waals surface area contributed by atoms with Gasteiger partial charge in [-0.05, 0) is 30.7 Å². The van der Waals surface area contributed by atoms with E-state index in [1.54, 1.807) is 25.1 Å². The molecular weight excluding hydrogens is 269 g/mol. The number of rotatable bonds is 3. The normalized spacial score (nSPS) is 11.3. The molecule has 5 nitrogen and oxygen atoms in total. The third kappa shape index (κ3) is 3.00. The Morgan fingerprint density at radius 3 is 2.68 bits per heavy atom. The highest BCUT2D eigenvalue weighted by molar-refractivity contribution is 7.92. The van der Waals surface area contributed by atoms with Crippen molar-refractivity contribution in [1.82, 2.24) is 4.98 Å². The summed E-state index contributed by atoms with van der Waals surface area (Å²) in [5, 5.41) is 0. The van der Waals surface area contributed by atoms with E-state index in [0.29, 0.717) is 5.69 Å². The standard InChI is InChI=1S/C12H12FN3O2S/c1-8-2-3-11(14)12(4-8)16-19(17,18)10-5-9(13)6-15-7-10/h2-7,16H,14H2,1H3. The zero-order valence-corrected chi connectivity index (χ0v) is 10.9. The van der Waals surface area contributed by atoms with Gasteiger partial charge < -0.3 is 5.73 Å². The Morgan fingerprint density at radius 2 is 2.00 bits per heavy atom. The van der Waals surface area contributed by atoms with Crippen LogP contribution in [-0.4, -0.2) is 13.4 Å². The predicted molar refractivity (Wildman–Crippen MR) is 70.6 cm³/mol. The van der Waals surface area contributed by atoms with Crippen molar-refractivity contribution < 1.29 is 12.8 Å². The number of aryl methyl sites for hydroxylation is 1. The van der Waals surface area contributed by atoms with Gasteiger partial charge in [-0.25, -0.2) is 12.8 Å². The summed E-state index contributed by atoms with van der Waals surface area (Å²) in [6, 6.07) is 5.84. The molecule has 1 heterocycles. The van der Waals surface area contributed by atoms with E-state index in [1.807, 2.05) is 0 Å². The van der Waals surface area contributed by atoms with Gasteiger partial charge in [-0.15, -0.1) is 0 Å². The van der Waals surface area contributed by atoms with Gasteiger partial charge in [-0.2, -0.15) is 0 Å². The zero-order chi connectivity index (χ0) is 14.0. The van der Waals surface area contributed by atoms with Gasteiger partial charge in [0.2, 0.25) is 0 Å². The van der Waals surface area contributed by atoms with Gasteiger partial charge in [0.15, 0.2) is 0 Å². The summed E-state index contributed by atoms with van der Waals surface area (Å²) < 4.78 is 39.4. The summed E-state index contributed by atoms with van der Waals surface area (Å²) in [7, 11) is -3.91. The van der Waals surface area contributed by atoms with Gasteiger partial charge in [-0.3, -0.25) is 9.71 Å². The second-order valence-electron chi connectivity index (χ2n) is 4.04. The molecule has 100 valence electrons. The van der Waals surface area contributed by atoms with Crippen molar-refractivity contribution in [2.24, 2.45) is 0 Å². The summed E-state index contributed by atoms with van der Waals surface area (Å²) in [5.41, 5.74) is 7.08. The number of sulfonamides is 1. The molecule has 0 saturated carbocycles. The molecule has 7 heteroatoms. The van der Waals surface area contributed by atoms with Crippen molar-refractivity contribution in [3.63, 3.8) is 0 Å². The molecule has 0 spiro atoms. The highest BCUT2D eigenvalue weighted by atomic mass is 32.2. The maximum Gasteiger partial charge on any atom is 0.263 e. The lowest BCUT2D eigenvalue weighted by molar-refractivity contribution is 0.592. The second kappa shape index (κ2) is 4.85. The van der Waals surface area contributed by atoms with Crippen molar-refractivity contribution in [2.75, 3.05) is 10.5 Å². The van der Waals surface area contributed by atoms with Crippen LogP contribution in [-0.2, 0) is 10.0 Å². The van der Waals surface area contributed by atoms with Crippen LogP contribution in [0.4, 0.5) is 15.8 Å². The minimum atomic E-state index is -3.91. The third-order valence-electron chi connectivity index (χ3n) is 2.44. The number of hydrogen-bond acceptors (Lipinski definition) is 4. The van der Waals surface area contributed by atoms with E-state index in [9.17, 15) is 12.8 Å². The fraction of sp³-hybridized carbons (Fsp3) is 0.0833. The Kier molecular flexibility index (Phi) is 3.39. The van der Waals surface area contributed by atoms with E-state index in [0.717, 1.165) is 24.0 Å². The number of nitrogen functional groups attached to an aromatic ring is 1. The predicted octanol–water partition coefficient (Wildman–Crippen LogP) is 1.91. The number of halogens is 1. The van der Waals surface area contributed by atoms with Crippen molar-refractivity contribution >= 4 is 21.4 Å². The van der Waals surface area contributed by atoms with Crippen molar-refractivity contribution in [2.45, 2.75) is 11.8 Å². The minimum absolute atomic E-state index is 0.254. The van der Waals surface area contributed by atoms with E-state index in [1.165, 1.54) is 0 Å². The van der Waals surface area contributed by atoms with Crippen molar-refractivity contribution in [1.29, 1.82) is 0 Å². The summed E-state index contributed by atoms with van der Waals surface area (Å²) in [5.74, 6) is -0.722. The molecular formula is C12H12FN3O2S. The van der Waals surface area contributed by atoms with Crippen LogP contribution in [0.2, 0.25) is 0 Å². The number of nitrogens with one attached hydrogen (secondary N) is 1. The summed E-state index contributed by atoms with van der Waals surface area (Å²) in [4.78, 5) is 3.25. The molecule has 2 rings (SSSR count). The van der Waals surface area contributed by atoms with E-state index < -0.39 is 15.8 Å². The Hall–Kier alpha value is -2.15. The van der Waals surface area contributed by atoms with Gasteiger partial charge in [0, 0.05) is 6.20 Å². The first-order chi connectivity index (χ1) is 8.88. The Labute approximate surface area is 110 Å². The Morgan fingerprint density at radius 1 is 1.26 bits per heavy atom. The quantitative estimate of drug-likeness (QED) is 0.842. The lowest BCUT2D eigenvalue weighted by Crippen LogP contribution is -2.14. The molecule has 1 aromatic heterocycles. The molecule has 0 fully saturated rings. The minimum Gasteiger partial charge on any atom is -0.397 e. The molecule has 0 aliphatic rings. The van der Waals surface area contributed by atoms with Crippen molar-refractivity contribution in [3.8, 4) is 0 Å². The van der Waals surface area contributed by atoms with Crippen LogP contribution in [0, 0.1) is 12.7 Å². The number of aromatic nitrogens is 1. The first kappa shape index (κ1) is 13.3. The average molecular weight is 281 g/mol. The first-order valence-corrected chi connectivity index (χ1v) is 6.86. The van der Waals surface area contributed by atoms with Gasteiger partial charge in [0.1, 0.15) is 10.7 Å². The maximum absolute atomic E-state index is 13.0. The number of hydrogen-bond donors (Lipinski definition) is 2. The highest BCUT2D eigenvalue weighted by Gasteiger charge is 2.16. The fourth-order valence-electron chi connectivity index (χ4n) is 1.50. The van der Waals surface area contributed by atoms with Crippen LogP contribution in [0.3, 0.4) is 0 Å². The van der Waals surface area contributed by atoms with Crippen LogP contribution >= 0.6 is 0 Å². The third-order valence-corrected chi connectivity index (χ3v) is 3.78. The maximum atomic E-state index is 13.0. The number of anilines is 2. The lowest BCUT2D eigenvalue weighted by atomic mass is 10.2. The topological polar surface area (TPSA) is 85.1 Å². The molecule has 1 aromatic carbocycles. The molecule has 0 amide bonds. The van der Waals surface area contributed by atoms with Gasteiger partial charge in [0.25, 0.3) is 10.0 Å². The zero-order valence-electron chi connectivity index (χ0n) is 10.1. The van der Waals surface area contributed by atoms with Gasteiger partial charge in [0.05, 0.1) is 17.6 Å². The molecule has 0 atom stereocenters. The molecule has 0 bridgehead atoms. The van der Waals surface area contributed by atoms with Gasteiger partial charge in [-0.1, -0.05) is 6.07 Å². The summed E-state index contributed by atoms with van der Waals surface area (Å²) in [6.07, 6.45) is 2.00. The SMILES string of the molecule is Cc1ccc(N)c(NS(=O)(=O)c2cncc(F)c2)c1. The lowest BCUT2D eigenvalue weighted by Gasteiger charge is -2.10. The highest BCUT2D eigenvalue weighted by Crippen LogP contribution is 2.23. The largest absolute Gasteiger partial charge is 0.397 e. The smallest absolute Gasteiger partial charge is 0.263 e. The molecule has 3 N–H and O–H groups in total. The molecule has 0 aliphatic heterocycles. The van der Waals surface area contributed by atoms with Crippen LogP contribution in [0.5, 0.6) is 0 Å². The van der Waals surface area contributed by atoms with E-state index in [-0.39, 0.29) is 10.6 Å². The number of nitrogens with zero attached hydrogens (tertiary/aromatic N) is 1.